The summed E-state index contributed by atoms with van der Waals surface area (Å²) in [4.78, 5) is 13.4. The van der Waals surface area contributed by atoms with Gasteiger partial charge in [0.2, 0.25) is 0 Å². The molecule has 1 saturated heterocycles. The van der Waals surface area contributed by atoms with E-state index in [2.05, 4.69) is 84.1 Å². The molecular formula is C28H34N6. The molecule has 1 aliphatic heterocycles. The molecule has 3 aromatic carbocycles. The van der Waals surface area contributed by atoms with Crippen molar-refractivity contribution in [3.63, 3.8) is 0 Å². The number of hydrogen-bond donors (Lipinski definition) is 3. The molecule has 176 valence electrons. The lowest BCUT2D eigenvalue weighted by Gasteiger charge is -2.36. The van der Waals surface area contributed by atoms with Crippen molar-refractivity contribution in [3.8, 4) is 11.4 Å². The zero-order chi connectivity index (χ0) is 23.9. The summed E-state index contributed by atoms with van der Waals surface area (Å²) >= 11 is 0. The van der Waals surface area contributed by atoms with Crippen LogP contribution in [-0.2, 0) is 12.0 Å². The maximum absolute atomic E-state index is 6.19. The zero-order valence-electron chi connectivity index (χ0n) is 20.3. The van der Waals surface area contributed by atoms with Crippen LogP contribution >= 0.6 is 0 Å². The summed E-state index contributed by atoms with van der Waals surface area (Å²) in [6, 6.07) is 21.0. The molecule has 5 rings (SSSR count). The number of anilines is 3. The number of nitrogens with zero attached hydrogens (tertiary/aromatic N) is 3. The Morgan fingerprint density at radius 2 is 1.59 bits per heavy atom. The lowest BCUT2D eigenvalue weighted by Crippen LogP contribution is -2.46. The minimum absolute atomic E-state index is 0.139. The third-order valence-electron chi connectivity index (χ3n) is 6.85. The molecule has 2 heterocycles. The Morgan fingerprint density at radius 1 is 0.882 bits per heavy atom. The molecule has 0 unspecified atom stereocenters. The van der Waals surface area contributed by atoms with Gasteiger partial charge in [0.15, 0.2) is 0 Å². The number of imidazole rings is 1. The first-order valence-corrected chi connectivity index (χ1v) is 12.0. The van der Waals surface area contributed by atoms with Gasteiger partial charge in [-0.05, 0) is 34.7 Å². The molecule has 1 aromatic heterocycles. The molecular weight excluding hydrogens is 420 g/mol. The van der Waals surface area contributed by atoms with Crippen molar-refractivity contribution < 1.29 is 0 Å². The Bertz CT molecular complexity index is 1290. The van der Waals surface area contributed by atoms with E-state index in [1.54, 1.807) is 0 Å². The number of nitrogen functional groups attached to an aromatic ring is 2. The van der Waals surface area contributed by atoms with E-state index in [0.29, 0.717) is 11.4 Å². The highest BCUT2D eigenvalue weighted by Crippen LogP contribution is 2.31. The highest BCUT2D eigenvalue weighted by molar-refractivity contribution is 5.91. The highest BCUT2D eigenvalue weighted by Gasteiger charge is 2.21. The van der Waals surface area contributed by atoms with E-state index >= 15 is 0 Å². The van der Waals surface area contributed by atoms with Gasteiger partial charge in [-0.25, -0.2) is 4.98 Å². The van der Waals surface area contributed by atoms with Crippen molar-refractivity contribution in [1.29, 1.82) is 0 Å². The van der Waals surface area contributed by atoms with Gasteiger partial charge < -0.3 is 21.4 Å². The minimum atomic E-state index is 0.139. The Morgan fingerprint density at radius 3 is 2.29 bits per heavy atom. The van der Waals surface area contributed by atoms with Crippen LogP contribution in [0.2, 0.25) is 0 Å². The normalized spacial score (nSPS) is 15.2. The Labute approximate surface area is 201 Å². The van der Waals surface area contributed by atoms with E-state index < -0.39 is 0 Å². The van der Waals surface area contributed by atoms with E-state index in [4.69, 9.17) is 16.5 Å². The monoisotopic (exact) mass is 454 g/mol. The molecule has 34 heavy (non-hydrogen) atoms. The minimum Gasteiger partial charge on any atom is -0.397 e. The predicted octanol–water partition coefficient (Wildman–Crippen LogP) is 5.01. The molecule has 1 aliphatic rings. The molecule has 0 spiro atoms. The van der Waals surface area contributed by atoms with Crippen molar-refractivity contribution in [3.05, 3.63) is 71.8 Å². The van der Waals surface area contributed by atoms with Gasteiger partial charge in [0.1, 0.15) is 11.3 Å². The van der Waals surface area contributed by atoms with Crippen molar-refractivity contribution in [2.75, 3.05) is 42.5 Å². The number of fused-ring (bicyclic) bond motifs is 1. The fraction of sp³-hybridized carbons (Fsp3) is 0.321. The summed E-state index contributed by atoms with van der Waals surface area (Å²) in [6.45, 7) is 11.4. The van der Waals surface area contributed by atoms with Crippen LogP contribution in [0.3, 0.4) is 0 Å². The second-order valence-electron chi connectivity index (χ2n) is 10.3. The first kappa shape index (κ1) is 22.3. The average molecular weight is 455 g/mol. The number of piperazine rings is 1. The molecule has 6 nitrogen and oxygen atoms in total. The molecule has 0 amide bonds. The molecule has 1 fully saturated rings. The number of nitrogens with two attached hydrogens (primary N) is 2. The van der Waals surface area contributed by atoms with Crippen LogP contribution in [0.1, 0.15) is 31.9 Å². The number of rotatable bonds is 4. The molecule has 0 aliphatic carbocycles. The summed E-state index contributed by atoms with van der Waals surface area (Å²) in [5.74, 6) is 0.915. The van der Waals surface area contributed by atoms with E-state index in [-0.39, 0.29) is 5.41 Å². The third-order valence-corrected chi connectivity index (χ3v) is 6.85. The Hall–Kier alpha value is -3.51. The number of nitrogens with one attached hydrogen (secondary N) is 1. The van der Waals surface area contributed by atoms with Gasteiger partial charge in [0, 0.05) is 38.3 Å². The predicted molar refractivity (Wildman–Crippen MR) is 143 cm³/mol. The number of para-hydroxylation sites is 2. The van der Waals surface area contributed by atoms with E-state index in [0.717, 1.165) is 60.7 Å². The number of H-pyrrole nitrogens is 1. The standard InChI is InChI=1S/C28H34N6/c1-28(2,3)21-12-10-19(11-13-21)27-31-23-8-5-9-24(26(23)32-27)34-16-14-33(15-17-34)18-20-6-4-7-22(29)25(20)30/h4-13H,14-18,29-30H2,1-3H3,(H,31,32). The quantitative estimate of drug-likeness (QED) is 0.377. The maximum atomic E-state index is 6.19. The van der Waals surface area contributed by atoms with Gasteiger partial charge in [-0.2, -0.15) is 0 Å². The van der Waals surface area contributed by atoms with Gasteiger partial charge in [-0.1, -0.05) is 63.2 Å². The van der Waals surface area contributed by atoms with Gasteiger partial charge in [-0.3, -0.25) is 4.90 Å². The van der Waals surface area contributed by atoms with Gasteiger partial charge >= 0.3 is 0 Å². The number of benzene rings is 3. The van der Waals surface area contributed by atoms with Gasteiger partial charge in [0.25, 0.3) is 0 Å². The molecule has 0 radical (unpaired) electrons. The molecule has 0 saturated carbocycles. The summed E-state index contributed by atoms with van der Waals surface area (Å²) in [5.41, 5.74) is 20.5. The molecule has 6 heteroatoms. The Balaban J connectivity index is 1.33. The maximum Gasteiger partial charge on any atom is 0.138 e. The highest BCUT2D eigenvalue weighted by atomic mass is 15.3. The number of aromatic nitrogens is 2. The molecule has 5 N–H and O–H groups in total. The first-order chi connectivity index (χ1) is 16.3. The molecule has 4 aromatic rings. The SMILES string of the molecule is CC(C)(C)c1ccc(-c2nc3c(N4CCN(Cc5cccc(N)c5N)CC4)cccc3[nH]2)cc1. The van der Waals surface area contributed by atoms with Crippen molar-refractivity contribution in [2.24, 2.45) is 0 Å². The van der Waals surface area contributed by atoms with Crippen LogP contribution in [-0.4, -0.2) is 41.0 Å². The molecule has 0 bridgehead atoms. The zero-order valence-corrected chi connectivity index (χ0v) is 20.3. The van der Waals surface area contributed by atoms with Crippen LogP contribution in [0.15, 0.2) is 60.7 Å². The van der Waals surface area contributed by atoms with E-state index in [1.807, 2.05) is 12.1 Å². The number of hydrogen-bond acceptors (Lipinski definition) is 5. The lowest BCUT2D eigenvalue weighted by atomic mass is 9.87. The van der Waals surface area contributed by atoms with Gasteiger partial charge in [0.05, 0.1) is 22.6 Å². The van der Waals surface area contributed by atoms with Crippen molar-refractivity contribution >= 4 is 28.1 Å². The van der Waals surface area contributed by atoms with E-state index in [9.17, 15) is 0 Å². The topological polar surface area (TPSA) is 87.2 Å². The largest absolute Gasteiger partial charge is 0.397 e. The van der Waals surface area contributed by atoms with Crippen LogP contribution in [0.4, 0.5) is 17.1 Å². The fourth-order valence-electron chi connectivity index (χ4n) is 4.70. The van der Waals surface area contributed by atoms with Gasteiger partial charge in [-0.15, -0.1) is 0 Å². The number of aromatic amines is 1. The third kappa shape index (κ3) is 4.33. The molecule has 0 atom stereocenters. The summed E-state index contributed by atoms with van der Waals surface area (Å²) < 4.78 is 0. The Kier molecular flexibility index (Phi) is 5.70. The van der Waals surface area contributed by atoms with Crippen LogP contribution in [0.5, 0.6) is 0 Å². The van der Waals surface area contributed by atoms with Crippen LogP contribution in [0, 0.1) is 0 Å². The van der Waals surface area contributed by atoms with Crippen LogP contribution < -0.4 is 16.4 Å². The van der Waals surface area contributed by atoms with Crippen molar-refractivity contribution in [2.45, 2.75) is 32.7 Å². The van der Waals surface area contributed by atoms with Crippen LogP contribution in [0.25, 0.3) is 22.4 Å². The first-order valence-electron chi connectivity index (χ1n) is 12.0. The summed E-state index contributed by atoms with van der Waals surface area (Å²) in [5, 5.41) is 0. The second kappa shape index (κ2) is 8.69. The van der Waals surface area contributed by atoms with E-state index in [1.165, 1.54) is 11.3 Å². The van der Waals surface area contributed by atoms with Crippen molar-refractivity contribution in [1.82, 2.24) is 14.9 Å². The summed E-state index contributed by atoms with van der Waals surface area (Å²) in [7, 11) is 0. The average Bonchev–Trinajstić information content (AvgIpc) is 3.27. The smallest absolute Gasteiger partial charge is 0.138 e. The lowest BCUT2D eigenvalue weighted by molar-refractivity contribution is 0.250. The summed E-state index contributed by atoms with van der Waals surface area (Å²) in [6.07, 6.45) is 0. The second-order valence-corrected chi connectivity index (χ2v) is 10.3. The fourth-order valence-corrected chi connectivity index (χ4v) is 4.70.